The molecule has 0 aliphatic heterocycles. The van der Waals surface area contributed by atoms with Crippen LogP contribution in [-0.2, 0) is 20.7 Å². The molecule has 1 heterocycles. The van der Waals surface area contributed by atoms with Crippen LogP contribution >= 0.6 is 22.9 Å². The minimum absolute atomic E-state index is 0.0954. The van der Waals surface area contributed by atoms with Gasteiger partial charge in [-0.05, 0) is 57.9 Å². The molecule has 8 heteroatoms. The summed E-state index contributed by atoms with van der Waals surface area (Å²) in [6.45, 7) is 8.77. The summed E-state index contributed by atoms with van der Waals surface area (Å²) in [5.74, 6) is -1.48. The summed E-state index contributed by atoms with van der Waals surface area (Å²) in [5, 5.41) is 3.57. The topological polar surface area (TPSA) is 81.7 Å². The van der Waals surface area contributed by atoms with Crippen molar-refractivity contribution in [2.45, 2.75) is 46.6 Å². The molecule has 0 atom stereocenters. The average molecular weight is 438 g/mol. The lowest BCUT2D eigenvalue weighted by Crippen LogP contribution is -2.23. The number of anilines is 1. The fourth-order valence-electron chi connectivity index (χ4n) is 2.53. The third kappa shape index (κ3) is 6.30. The van der Waals surface area contributed by atoms with Crippen LogP contribution in [0.2, 0.25) is 5.02 Å². The molecule has 1 N–H and O–H groups in total. The van der Waals surface area contributed by atoms with Gasteiger partial charge in [0, 0.05) is 5.02 Å². The van der Waals surface area contributed by atoms with Gasteiger partial charge < -0.3 is 14.8 Å². The highest BCUT2D eigenvalue weighted by Crippen LogP contribution is 2.35. The lowest BCUT2D eigenvalue weighted by Gasteiger charge is -2.19. The number of carbonyl (C=O) groups excluding carboxylic acids is 3. The number of esters is 2. The number of halogens is 1. The second kappa shape index (κ2) is 9.41. The van der Waals surface area contributed by atoms with Crippen LogP contribution in [0.4, 0.5) is 5.00 Å². The second-order valence-electron chi connectivity index (χ2n) is 7.33. The van der Waals surface area contributed by atoms with E-state index < -0.39 is 17.5 Å². The molecule has 0 unspecified atom stereocenters. The van der Waals surface area contributed by atoms with Crippen molar-refractivity contribution in [3.05, 3.63) is 50.9 Å². The average Bonchev–Trinajstić information content (AvgIpc) is 2.92. The van der Waals surface area contributed by atoms with Gasteiger partial charge in [0.15, 0.2) is 0 Å². The number of rotatable bonds is 6. The summed E-state index contributed by atoms with van der Waals surface area (Å²) in [6.07, 6.45) is 0.0954. The van der Waals surface area contributed by atoms with Gasteiger partial charge in [-0.2, -0.15) is 0 Å². The number of ether oxygens (including phenoxy) is 2. The zero-order valence-corrected chi connectivity index (χ0v) is 18.6. The first-order valence-corrected chi connectivity index (χ1v) is 10.3. The van der Waals surface area contributed by atoms with Crippen LogP contribution in [0.15, 0.2) is 24.3 Å². The van der Waals surface area contributed by atoms with Crippen LogP contribution in [0, 0.1) is 6.92 Å². The number of hydrogen-bond acceptors (Lipinski definition) is 6. The van der Waals surface area contributed by atoms with Crippen LogP contribution in [0.5, 0.6) is 0 Å². The molecule has 0 fully saturated rings. The quantitative estimate of drug-likeness (QED) is 0.641. The maximum absolute atomic E-state index is 12.5. The molecule has 0 bridgehead atoms. The van der Waals surface area contributed by atoms with Crippen molar-refractivity contribution in [1.29, 1.82) is 0 Å². The molecule has 1 amide bonds. The first-order chi connectivity index (χ1) is 13.5. The molecule has 0 aliphatic rings. The standard InChI is InChI=1S/C21H24ClNO5S/c1-6-27-19(25)16-12(2)17(20(26)28-21(3,4)5)29-18(16)23-15(24)11-13-7-9-14(22)10-8-13/h7-10H,6,11H2,1-5H3,(H,23,24). The highest BCUT2D eigenvalue weighted by molar-refractivity contribution is 7.18. The number of amides is 1. The summed E-state index contributed by atoms with van der Waals surface area (Å²) in [5.41, 5.74) is 0.673. The van der Waals surface area contributed by atoms with E-state index in [1.165, 1.54) is 0 Å². The van der Waals surface area contributed by atoms with Gasteiger partial charge in [0.2, 0.25) is 5.91 Å². The first-order valence-electron chi connectivity index (χ1n) is 9.10. The lowest BCUT2D eigenvalue weighted by molar-refractivity contribution is -0.115. The minimum atomic E-state index is -0.685. The normalized spacial score (nSPS) is 11.1. The van der Waals surface area contributed by atoms with E-state index in [9.17, 15) is 14.4 Å². The fourth-order valence-corrected chi connectivity index (χ4v) is 3.74. The third-order valence-electron chi connectivity index (χ3n) is 3.74. The van der Waals surface area contributed by atoms with Gasteiger partial charge in [0.05, 0.1) is 18.6 Å². The zero-order valence-electron chi connectivity index (χ0n) is 17.1. The SMILES string of the molecule is CCOC(=O)c1c(NC(=O)Cc2ccc(Cl)cc2)sc(C(=O)OC(C)(C)C)c1C. The highest BCUT2D eigenvalue weighted by Gasteiger charge is 2.29. The van der Waals surface area contributed by atoms with Crippen LogP contribution in [-0.4, -0.2) is 30.1 Å². The van der Waals surface area contributed by atoms with E-state index in [-0.39, 0.29) is 34.4 Å². The molecule has 0 radical (unpaired) electrons. The maximum Gasteiger partial charge on any atom is 0.349 e. The smallest absolute Gasteiger partial charge is 0.349 e. The van der Waals surface area contributed by atoms with Crippen molar-refractivity contribution in [2.24, 2.45) is 0 Å². The van der Waals surface area contributed by atoms with Crippen LogP contribution in [0.3, 0.4) is 0 Å². The number of benzene rings is 1. The van der Waals surface area contributed by atoms with Gasteiger partial charge in [-0.3, -0.25) is 4.79 Å². The number of nitrogens with one attached hydrogen (secondary N) is 1. The van der Waals surface area contributed by atoms with E-state index in [0.29, 0.717) is 10.6 Å². The Kier molecular flexibility index (Phi) is 7.43. The van der Waals surface area contributed by atoms with E-state index in [1.54, 1.807) is 58.9 Å². The zero-order chi connectivity index (χ0) is 21.8. The van der Waals surface area contributed by atoms with Crippen molar-refractivity contribution < 1.29 is 23.9 Å². The van der Waals surface area contributed by atoms with E-state index in [0.717, 1.165) is 16.9 Å². The number of thiophene rings is 1. The Labute approximate surface area is 179 Å². The molecule has 6 nitrogen and oxygen atoms in total. The van der Waals surface area contributed by atoms with Crippen molar-refractivity contribution in [3.63, 3.8) is 0 Å². The van der Waals surface area contributed by atoms with Crippen molar-refractivity contribution in [2.75, 3.05) is 11.9 Å². The molecule has 0 saturated carbocycles. The molecule has 0 spiro atoms. The maximum atomic E-state index is 12.5. The Hall–Kier alpha value is -2.38. The summed E-state index contributed by atoms with van der Waals surface area (Å²) in [6, 6.07) is 6.90. The monoisotopic (exact) mass is 437 g/mol. The Morgan fingerprint density at radius 1 is 1.10 bits per heavy atom. The van der Waals surface area contributed by atoms with Gasteiger partial charge in [-0.1, -0.05) is 23.7 Å². The van der Waals surface area contributed by atoms with Gasteiger partial charge in [-0.25, -0.2) is 9.59 Å². The van der Waals surface area contributed by atoms with Gasteiger partial charge in [0.25, 0.3) is 0 Å². The Morgan fingerprint density at radius 3 is 2.28 bits per heavy atom. The van der Waals surface area contributed by atoms with E-state index in [4.69, 9.17) is 21.1 Å². The van der Waals surface area contributed by atoms with E-state index >= 15 is 0 Å². The predicted molar refractivity (Wildman–Crippen MR) is 114 cm³/mol. The summed E-state index contributed by atoms with van der Waals surface area (Å²) in [4.78, 5) is 37.8. The third-order valence-corrected chi connectivity index (χ3v) is 5.18. The Balaban J connectivity index is 2.31. The molecule has 29 heavy (non-hydrogen) atoms. The molecule has 0 aliphatic carbocycles. The van der Waals surface area contributed by atoms with Crippen molar-refractivity contribution in [1.82, 2.24) is 0 Å². The summed E-state index contributed by atoms with van der Waals surface area (Å²) < 4.78 is 10.5. The number of carbonyl (C=O) groups is 3. The highest BCUT2D eigenvalue weighted by atomic mass is 35.5. The van der Waals surface area contributed by atoms with Crippen molar-refractivity contribution >= 4 is 45.8 Å². The fraction of sp³-hybridized carbons (Fsp3) is 0.381. The summed E-state index contributed by atoms with van der Waals surface area (Å²) in [7, 11) is 0. The Bertz CT molecular complexity index is 912. The molecule has 156 valence electrons. The molecule has 2 rings (SSSR count). The predicted octanol–water partition coefficient (Wildman–Crippen LogP) is 5.02. The van der Waals surface area contributed by atoms with Crippen molar-refractivity contribution in [3.8, 4) is 0 Å². The minimum Gasteiger partial charge on any atom is -0.462 e. The van der Waals surface area contributed by atoms with Crippen LogP contribution in [0.1, 0.15) is 58.9 Å². The van der Waals surface area contributed by atoms with Crippen LogP contribution in [0.25, 0.3) is 0 Å². The molecule has 0 saturated heterocycles. The number of hydrogen-bond donors (Lipinski definition) is 1. The molecular formula is C21H24ClNO5S. The van der Waals surface area contributed by atoms with Crippen LogP contribution < -0.4 is 5.32 Å². The first kappa shape index (κ1) is 22.9. The van der Waals surface area contributed by atoms with Gasteiger partial charge in [0.1, 0.15) is 15.5 Å². The molecular weight excluding hydrogens is 414 g/mol. The molecule has 2 aromatic rings. The van der Waals surface area contributed by atoms with E-state index in [1.807, 2.05) is 0 Å². The van der Waals surface area contributed by atoms with Gasteiger partial charge in [-0.15, -0.1) is 11.3 Å². The van der Waals surface area contributed by atoms with Gasteiger partial charge >= 0.3 is 11.9 Å². The largest absolute Gasteiger partial charge is 0.462 e. The lowest BCUT2D eigenvalue weighted by atomic mass is 10.1. The molecule has 1 aromatic carbocycles. The second-order valence-corrected chi connectivity index (χ2v) is 8.79. The van der Waals surface area contributed by atoms with E-state index in [2.05, 4.69) is 5.32 Å². The molecule has 1 aromatic heterocycles. The Morgan fingerprint density at radius 2 is 1.72 bits per heavy atom. The summed E-state index contributed by atoms with van der Waals surface area (Å²) >= 11 is 6.87.